The van der Waals surface area contributed by atoms with Crippen molar-refractivity contribution < 1.29 is 4.79 Å². The summed E-state index contributed by atoms with van der Waals surface area (Å²) < 4.78 is 0. The molecule has 7 heteroatoms. The fourth-order valence-electron chi connectivity index (χ4n) is 4.29. The van der Waals surface area contributed by atoms with E-state index in [0.717, 1.165) is 63.4 Å². The molecule has 2 aliphatic rings. The van der Waals surface area contributed by atoms with Crippen LogP contribution in [0.25, 0.3) is 0 Å². The molecule has 0 aromatic carbocycles. The fraction of sp³-hybridized carbons (Fsp3) is 0.524. The standard InChI is InChI=1S/C21H28N6O/c28-21(25-14-18-5-1-2-8-23-18)17-4-3-11-27(16-17)19-6-12-26(13-7-19)20-15-22-9-10-24-20/h1-2,5,8-10,15,17,19H,3-4,6-7,11-14,16H2,(H,25,28)/t17-/m1/s1. The maximum absolute atomic E-state index is 12.6. The second kappa shape index (κ2) is 9.10. The van der Waals surface area contributed by atoms with Gasteiger partial charge in [0.15, 0.2) is 0 Å². The van der Waals surface area contributed by atoms with Gasteiger partial charge in [0.25, 0.3) is 0 Å². The Morgan fingerprint density at radius 2 is 1.96 bits per heavy atom. The molecule has 2 saturated heterocycles. The molecular formula is C21H28N6O. The quantitative estimate of drug-likeness (QED) is 0.854. The number of pyridine rings is 1. The third-order valence-electron chi connectivity index (χ3n) is 5.85. The van der Waals surface area contributed by atoms with Crippen LogP contribution in [-0.4, -0.2) is 58.0 Å². The number of hydrogen-bond donors (Lipinski definition) is 1. The summed E-state index contributed by atoms with van der Waals surface area (Å²) in [6, 6.07) is 6.34. The first kappa shape index (κ1) is 18.8. The summed E-state index contributed by atoms with van der Waals surface area (Å²) in [6.07, 6.45) is 11.3. The van der Waals surface area contributed by atoms with E-state index in [0.29, 0.717) is 12.6 Å². The number of anilines is 1. The van der Waals surface area contributed by atoms with Gasteiger partial charge in [-0.2, -0.15) is 0 Å². The van der Waals surface area contributed by atoms with Gasteiger partial charge in [0.2, 0.25) is 5.91 Å². The zero-order valence-electron chi connectivity index (χ0n) is 16.2. The number of nitrogens with zero attached hydrogens (tertiary/aromatic N) is 5. The molecule has 0 aliphatic carbocycles. The third kappa shape index (κ3) is 4.65. The van der Waals surface area contributed by atoms with Crippen molar-refractivity contribution in [2.24, 2.45) is 5.92 Å². The summed E-state index contributed by atoms with van der Waals surface area (Å²) in [5.41, 5.74) is 0.903. The van der Waals surface area contributed by atoms with Crippen molar-refractivity contribution >= 4 is 11.7 Å². The predicted octanol–water partition coefficient (Wildman–Crippen LogP) is 1.87. The molecule has 0 saturated carbocycles. The van der Waals surface area contributed by atoms with Crippen LogP contribution in [-0.2, 0) is 11.3 Å². The summed E-state index contributed by atoms with van der Waals surface area (Å²) in [4.78, 5) is 30.4. The summed E-state index contributed by atoms with van der Waals surface area (Å²) in [5, 5.41) is 3.07. The second-order valence-electron chi connectivity index (χ2n) is 7.65. The van der Waals surface area contributed by atoms with E-state index in [-0.39, 0.29) is 11.8 Å². The molecule has 0 spiro atoms. The van der Waals surface area contributed by atoms with Crippen LogP contribution in [0.3, 0.4) is 0 Å². The minimum absolute atomic E-state index is 0.0791. The highest BCUT2D eigenvalue weighted by Crippen LogP contribution is 2.25. The molecule has 2 aliphatic heterocycles. The Balaban J connectivity index is 1.26. The predicted molar refractivity (Wildman–Crippen MR) is 108 cm³/mol. The first-order chi connectivity index (χ1) is 13.8. The Morgan fingerprint density at radius 1 is 1.07 bits per heavy atom. The Bertz CT molecular complexity index is 748. The minimum Gasteiger partial charge on any atom is -0.355 e. The zero-order valence-corrected chi connectivity index (χ0v) is 16.2. The van der Waals surface area contributed by atoms with Gasteiger partial charge in [-0.15, -0.1) is 0 Å². The maximum atomic E-state index is 12.6. The van der Waals surface area contributed by atoms with E-state index in [4.69, 9.17) is 0 Å². The number of likely N-dealkylation sites (tertiary alicyclic amines) is 1. The molecule has 1 N–H and O–H groups in total. The Labute approximate surface area is 166 Å². The van der Waals surface area contributed by atoms with Crippen LogP contribution in [0.4, 0.5) is 5.82 Å². The molecule has 0 unspecified atom stereocenters. The monoisotopic (exact) mass is 380 g/mol. The lowest BCUT2D eigenvalue weighted by atomic mass is 9.93. The van der Waals surface area contributed by atoms with E-state index >= 15 is 0 Å². The molecule has 2 fully saturated rings. The van der Waals surface area contributed by atoms with Gasteiger partial charge in [0, 0.05) is 44.3 Å². The molecule has 4 rings (SSSR count). The lowest BCUT2D eigenvalue weighted by Gasteiger charge is -2.42. The number of amides is 1. The van der Waals surface area contributed by atoms with Crippen LogP contribution in [0.15, 0.2) is 43.0 Å². The van der Waals surface area contributed by atoms with Crippen molar-refractivity contribution in [3.63, 3.8) is 0 Å². The van der Waals surface area contributed by atoms with Crippen molar-refractivity contribution in [2.45, 2.75) is 38.3 Å². The van der Waals surface area contributed by atoms with Gasteiger partial charge in [-0.3, -0.25) is 19.7 Å². The number of carbonyl (C=O) groups is 1. The van der Waals surface area contributed by atoms with Crippen molar-refractivity contribution in [1.29, 1.82) is 0 Å². The Morgan fingerprint density at radius 3 is 2.71 bits per heavy atom. The van der Waals surface area contributed by atoms with Crippen LogP contribution in [0.1, 0.15) is 31.4 Å². The normalized spacial score (nSPS) is 21.4. The topological polar surface area (TPSA) is 74.2 Å². The third-order valence-corrected chi connectivity index (χ3v) is 5.85. The van der Waals surface area contributed by atoms with Crippen molar-refractivity contribution in [1.82, 2.24) is 25.2 Å². The molecule has 2 aromatic heterocycles. The SMILES string of the molecule is O=C(NCc1ccccn1)[C@@H]1CCCN(C2CCN(c3cnccn3)CC2)C1. The molecule has 1 amide bonds. The van der Waals surface area contributed by atoms with Gasteiger partial charge in [-0.1, -0.05) is 6.07 Å². The highest BCUT2D eigenvalue weighted by atomic mass is 16.1. The number of rotatable bonds is 5. The average Bonchev–Trinajstić information content (AvgIpc) is 2.79. The van der Waals surface area contributed by atoms with Crippen LogP contribution >= 0.6 is 0 Å². The first-order valence-electron chi connectivity index (χ1n) is 10.2. The Kier molecular flexibility index (Phi) is 6.11. The number of nitrogens with one attached hydrogen (secondary N) is 1. The number of hydrogen-bond acceptors (Lipinski definition) is 6. The number of carbonyl (C=O) groups excluding carboxylic acids is 1. The van der Waals surface area contributed by atoms with Gasteiger partial charge in [0.1, 0.15) is 5.82 Å². The van der Waals surface area contributed by atoms with E-state index < -0.39 is 0 Å². The second-order valence-corrected chi connectivity index (χ2v) is 7.65. The highest BCUT2D eigenvalue weighted by Gasteiger charge is 2.31. The largest absolute Gasteiger partial charge is 0.355 e. The van der Waals surface area contributed by atoms with E-state index in [9.17, 15) is 4.79 Å². The smallest absolute Gasteiger partial charge is 0.224 e. The molecule has 28 heavy (non-hydrogen) atoms. The lowest BCUT2D eigenvalue weighted by Crippen LogP contribution is -2.50. The molecule has 0 radical (unpaired) electrons. The van der Waals surface area contributed by atoms with E-state index in [1.807, 2.05) is 24.4 Å². The summed E-state index contributed by atoms with van der Waals surface area (Å²) >= 11 is 0. The zero-order chi connectivity index (χ0) is 19.2. The summed E-state index contributed by atoms with van der Waals surface area (Å²) in [7, 11) is 0. The van der Waals surface area contributed by atoms with Crippen LogP contribution < -0.4 is 10.2 Å². The van der Waals surface area contributed by atoms with Crippen LogP contribution in [0.2, 0.25) is 0 Å². The van der Waals surface area contributed by atoms with E-state index in [2.05, 4.69) is 30.1 Å². The van der Waals surface area contributed by atoms with Gasteiger partial charge in [0.05, 0.1) is 24.4 Å². The van der Waals surface area contributed by atoms with Crippen LogP contribution in [0, 0.1) is 5.92 Å². The molecule has 4 heterocycles. The van der Waals surface area contributed by atoms with Gasteiger partial charge < -0.3 is 10.2 Å². The van der Waals surface area contributed by atoms with Crippen LogP contribution in [0.5, 0.6) is 0 Å². The highest BCUT2D eigenvalue weighted by molar-refractivity contribution is 5.78. The summed E-state index contributed by atoms with van der Waals surface area (Å²) in [6.45, 7) is 4.46. The number of aromatic nitrogens is 3. The van der Waals surface area contributed by atoms with Crippen molar-refractivity contribution in [2.75, 3.05) is 31.1 Å². The molecule has 7 nitrogen and oxygen atoms in total. The molecular weight excluding hydrogens is 352 g/mol. The van der Waals surface area contributed by atoms with Crippen molar-refractivity contribution in [3.05, 3.63) is 48.7 Å². The van der Waals surface area contributed by atoms with Crippen molar-refractivity contribution in [3.8, 4) is 0 Å². The molecule has 0 bridgehead atoms. The van der Waals surface area contributed by atoms with Gasteiger partial charge in [-0.25, -0.2) is 4.98 Å². The fourth-order valence-corrected chi connectivity index (χ4v) is 4.29. The minimum atomic E-state index is 0.0791. The molecule has 148 valence electrons. The van der Waals surface area contributed by atoms with E-state index in [1.54, 1.807) is 18.6 Å². The average molecular weight is 380 g/mol. The molecule has 2 aromatic rings. The number of piperidine rings is 2. The lowest BCUT2D eigenvalue weighted by molar-refractivity contribution is -0.127. The van der Waals surface area contributed by atoms with Gasteiger partial charge >= 0.3 is 0 Å². The molecule has 1 atom stereocenters. The van der Waals surface area contributed by atoms with Gasteiger partial charge in [-0.05, 0) is 44.4 Å². The maximum Gasteiger partial charge on any atom is 0.224 e. The van der Waals surface area contributed by atoms with E-state index in [1.165, 1.54) is 0 Å². The summed E-state index contributed by atoms with van der Waals surface area (Å²) in [5.74, 6) is 1.20. The first-order valence-corrected chi connectivity index (χ1v) is 10.2. The Hall–Kier alpha value is -2.54.